The number of nitrogens with zero attached hydrogens (tertiary/aromatic N) is 2. The molecule has 1 aromatic rings. The van der Waals surface area contributed by atoms with Crippen molar-refractivity contribution in [1.82, 2.24) is 9.78 Å². The number of hydrogen-bond acceptors (Lipinski definition) is 2. The molecule has 0 aromatic carbocycles. The minimum atomic E-state index is 0.295. The van der Waals surface area contributed by atoms with Crippen molar-refractivity contribution in [2.75, 3.05) is 0 Å². The van der Waals surface area contributed by atoms with E-state index >= 15 is 0 Å². The molecule has 3 nitrogen and oxygen atoms in total. The average molecular weight is 287 g/mol. The normalized spacial score (nSPS) is 46.0. The van der Waals surface area contributed by atoms with Crippen LogP contribution in [0.5, 0.6) is 0 Å². The lowest BCUT2D eigenvalue weighted by Gasteiger charge is -2.67. The van der Waals surface area contributed by atoms with E-state index in [1.54, 1.807) is 0 Å². The highest BCUT2D eigenvalue weighted by atomic mass is 15.2. The highest BCUT2D eigenvalue weighted by Crippen LogP contribution is 2.70. The van der Waals surface area contributed by atoms with Crippen molar-refractivity contribution in [2.45, 2.75) is 64.8 Å². The third-order valence-corrected chi connectivity index (χ3v) is 6.67. The van der Waals surface area contributed by atoms with Gasteiger partial charge in [0.1, 0.15) is 0 Å². The van der Waals surface area contributed by atoms with Gasteiger partial charge in [-0.15, -0.1) is 0 Å². The molecule has 4 aliphatic carbocycles. The molecule has 0 radical (unpaired) electrons. The highest BCUT2D eigenvalue weighted by Gasteiger charge is 2.61. The fraction of sp³-hybridized carbons (Fsp3) is 0.833. The molecule has 5 rings (SSSR count). The van der Waals surface area contributed by atoms with Crippen LogP contribution in [0.3, 0.4) is 0 Å². The summed E-state index contributed by atoms with van der Waals surface area (Å²) in [5, 5.41) is 4.30. The lowest BCUT2D eigenvalue weighted by atomic mass is 9.39. The summed E-state index contributed by atoms with van der Waals surface area (Å²) in [4.78, 5) is 0. The summed E-state index contributed by atoms with van der Waals surface area (Å²) in [6.07, 6.45) is 13.5. The van der Waals surface area contributed by atoms with E-state index in [1.165, 1.54) is 44.1 Å². The van der Waals surface area contributed by atoms with Crippen LogP contribution in [0.2, 0.25) is 0 Å². The van der Waals surface area contributed by atoms with Crippen LogP contribution < -0.4 is 5.73 Å². The summed E-state index contributed by atoms with van der Waals surface area (Å²) in [5.41, 5.74) is 9.60. The Labute approximate surface area is 128 Å². The van der Waals surface area contributed by atoms with E-state index in [-0.39, 0.29) is 0 Å². The summed E-state index contributed by atoms with van der Waals surface area (Å²) in [5.74, 6) is 0.927. The van der Waals surface area contributed by atoms with Crippen LogP contribution in [0.15, 0.2) is 12.4 Å². The van der Waals surface area contributed by atoms with Gasteiger partial charge < -0.3 is 5.73 Å². The SMILES string of the molecule is Cn1cc(CC(N)C23CC4CC(C)(CC(C)(C4)C2)C3)cn1. The monoisotopic (exact) mass is 287 g/mol. The molecule has 4 saturated carbocycles. The Morgan fingerprint density at radius 3 is 2.43 bits per heavy atom. The molecule has 0 aliphatic heterocycles. The van der Waals surface area contributed by atoms with E-state index < -0.39 is 0 Å². The van der Waals surface area contributed by atoms with Gasteiger partial charge in [-0.1, -0.05) is 13.8 Å². The van der Waals surface area contributed by atoms with E-state index in [0.717, 1.165) is 12.3 Å². The third kappa shape index (κ3) is 2.16. The second-order valence-electron chi connectivity index (χ2n) is 9.33. The fourth-order valence-electron chi connectivity index (χ4n) is 7.00. The van der Waals surface area contributed by atoms with Crippen LogP contribution in [0.1, 0.15) is 57.9 Å². The summed E-state index contributed by atoms with van der Waals surface area (Å²) in [6.45, 7) is 5.06. The van der Waals surface area contributed by atoms with E-state index in [1.807, 2.05) is 17.9 Å². The molecular formula is C18H29N3. The van der Waals surface area contributed by atoms with E-state index in [4.69, 9.17) is 5.73 Å². The molecule has 116 valence electrons. The summed E-state index contributed by atoms with van der Waals surface area (Å²) in [6, 6.07) is 0.295. The van der Waals surface area contributed by atoms with Gasteiger partial charge in [-0.2, -0.15) is 5.10 Å². The van der Waals surface area contributed by atoms with Crippen molar-refractivity contribution in [3.63, 3.8) is 0 Å². The molecule has 3 atom stereocenters. The molecule has 4 bridgehead atoms. The molecule has 4 aliphatic rings. The van der Waals surface area contributed by atoms with Gasteiger partial charge in [0.15, 0.2) is 0 Å². The molecule has 1 heterocycles. The first-order valence-corrected chi connectivity index (χ1v) is 8.53. The van der Waals surface area contributed by atoms with Crippen LogP contribution >= 0.6 is 0 Å². The van der Waals surface area contributed by atoms with Crippen molar-refractivity contribution >= 4 is 0 Å². The molecule has 2 N–H and O–H groups in total. The minimum absolute atomic E-state index is 0.295. The van der Waals surface area contributed by atoms with Crippen LogP contribution in [0.25, 0.3) is 0 Å². The van der Waals surface area contributed by atoms with Crippen molar-refractivity contribution in [1.29, 1.82) is 0 Å². The van der Waals surface area contributed by atoms with Gasteiger partial charge in [0, 0.05) is 19.3 Å². The largest absolute Gasteiger partial charge is 0.327 e. The molecule has 3 heteroatoms. The number of hydrogen-bond donors (Lipinski definition) is 1. The Kier molecular flexibility index (Phi) is 2.71. The molecule has 0 saturated heterocycles. The topological polar surface area (TPSA) is 43.8 Å². The zero-order valence-electron chi connectivity index (χ0n) is 13.7. The first kappa shape index (κ1) is 13.8. The smallest absolute Gasteiger partial charge is 0.0522 e. The fourth-order valence-corrected chi connectivity index (χ4v) is 7.00. The van der Waals surface area contributed by atoms with Gasteiger partial charge in [-0.3, -0.25) is 4.68 Å². The lowest BCUT2D eigenvalue weighted by Crippen LogP contribution is -2.61. The molecule has 4 fully saturated rings. The van der Waals surface area contributed by atoms with Crippen LogP contribution in [0, 0.1) is 22.2 Å². The van der Waals surface area contributed by atoms with Gasteiger partial charge in [0.05, 0.1) is 6.20 Å². The van der Waals surface area contributed by atoms with Crippen molar-refractivity contribution in [3.8, 4) is 0 Å². The highest BCUT2D eigenvalue weighted by molar-refractivity contribution is 5.16. The number of nitrogens with two attached hydrogens (primary N) is 1. The van der Waals surface area contributed by atoms with E-state index in [0.29, 0.717) is 22.3 Å². The maximum Gasteiger partial charge on any atom is 0.0522 e. The Morgan fingerprint density at radius 2 is 1.90 bits per heavy atom. The molecule has 0 amide bonds. The number of aryl methyl sites for hydroxylation is 1. The van der Waals surface area contributed by atoms with Gasteiger partial charge >= 0.3 is 0 Å². The lowest BCUT2D eigenvalue weighted by molar-refractivity contribution is -0.153. The number of aromatic nitrogens is 2. The summed E-state index contributed by atoms with van der Waals surface area (Å²) >= 11 is 0. The Morgan fingerprint density at radius 1 is 1.24 bits per heavy atom. The zero-order chi connectivity index (χ0) is 14.9. The third-order valence-electron chi connectivity index (χ3n) is 6.67. The number of rotatable bonds is 3. The van der Waals surface area contributed by atoms with Crippen LogP contribution in [-0.2, 0) is 13.5 Å². The van der Waals surface area contributed by atoms with Crippen molar-refractivity contribution < 1.29 is 0 Å². The van der Waals surface area contributed by atoms with Crippen LogP contribution in [0.4, 0.5) is 0 Å². The Hall–Kier alpha value is -0.830. The maximum absolute atomic E-state index is 6.79. The first-order valence-electron chi connectivity index (χ1n) is 8.53. The molecule has 3 unspecified atom stereocenters. The molecule has 0 spiro atoms. The summed E-state index contributed by atoms with van der Waals surface area (Å²) < 4.78 is 1.89. The summed E-state index contributed by atoms with van der Waals surface area (Å²) in [7, 11) is 1.99. The van der Waals surface area contributed by atoms with Crippen molar-refractivity contribution in [2.24, 2.45) is 34.9 Å². The second kappa shape index (κ2) is 4.13. The first-order chi connectivity index (χ1) is 9.80. The predicted octanol–water partition coefficient (Wildman–Crippen LogP) is 3.29. The zero-order valence-corrected chi connectivity index (χ0v) is 13.7. The molecular weight excluding hydrogens is 258 g/mol. The molecule has 21 heavy (non-hydrogen) atoms. The quantitative estimate of drug-likeness (QED) is 0.927. The van der Waals surface area contributed by atoms with Gasteiger partial charge in [-0.25, -0.2) is 0 Å². The van der Waals surface area contributed by atoms with E-state index in [2.05, 4.69) is 25.1 Å². The van der Waals surface area contributed by atoms with Crippen molar-refractivity contribution in [3.05, 3.63) is 18.0 Å². The standard InChI is InChI=1S/C18H29N3/c1-16-5-14-6-17(2,10-16)12-18(7-14,11-16)15(19)4-13-8-20-21(3)9-13/h8-9,14-15H,4-7,10-12,19H2,1-3H3. The second-order valence-corrected chi connectivity index (χ2v) is 9.33. The maximum atomic E-state index is 6.79. The van der Waals surface area contributed by atoms with Gasteiger partial charge in [0.25, 0.3) is 0 Å². The Bertz CT molecular complexity index is 543. The van der Waals surface area contributed by atoms with Crippen LogP contribution in [-0.4, -0.2) is 15.8 Å². The molecule has 1 aromatic heterocycles. The van der Waals surface area contributed by atoms with Gasteiger partial charge in [-0.05, 0) is 72.7 Å². The van der Waals surface area contributed by atoms with E-state index in [9.17, 15) is 0 Å². The van der Waals surface area contributed by atoms with Gasteiger partial charge in [0.2, 0.25) is 0 Å². The Balaban J connectivity index is 1.61. The average Bonchev–Trinajstić information content (AvgIpc) is 2.69. The minimum Gasteiger partial charge on any atom is -0.327 e. The predicted molar refractivity (Wildman–Crippen MR) is 84.7 cm³/mol.